The van der Waals surface area contributed by atoms with Gasteiger partial charge in [-0.3, -0.25) is 29.8 Å². The number of hydrogen-bond acceptors (Lipinski definition) is 7. The molecule has 1 rings (SSSR count). The molecule has 0 atom stereocenters. The van der Waals surface area contributed by atoms with Crippen LogP contribution >= 0.6 is 0 Å². The van der Waals surface area contributed by atoms with Crippen molar-refractivity contribution < 1.29 is 24.2 Å². The summed E-state index contributed by atoms with van der Waals surface area (Å²) in [6.45, 7) is 1.60. The Morgan fingerprint density at radius 1 is 1.20 bits per heavy atom. The van der Waals surface area contributed by atoms with Gasteiger partial charge in [-0.2, -0.15) is 0 Å². The Bertz CT molecular complexity index is 582. The number of ketones is 1. The van der Waals surface area contributed by atoms with Crippen molar-refractivity contribution in [2.24, 2.45) is 0 Å². The highest BCUT2D eigenvalue weighted by Gasteiger charge is 2.25. The average molecular weight is 282 g/mol. The maximum absolute atomic E-state index is 11.8. The van der Waals surface area contributed by atoms with Crippen LogP contribution in [-0.4, -0.2) is 28.2 Å². The highest BCUT2D eigenvalue weighted by molar-refractivity contribution is 6.08. The van der Waals surface area contributed by atoms with E-state index in [2.05, 4.69) is 4.74 Å². The number of carbonyl (C=O) groups excluding carboxylic acids is 2. The molecule has 0 radical (unpaired) electrons. The quantitative estimate of drug-likeness (QED) is 0.255. The van der Waals surface area contributed by atoms with E-state index in [0.29, 0.717) is 0 Å². The number of benzene rings is 1. The maximum atomic E-state index is 11.8. The van der Waals surface area contributed by atoms with Gasteiger partial charge in [0.2, 0.25) is 0 Å². The number of rotatable bonds is 6. The van der Waals surface area contributed by atoms with E-state index in [-0.39, 0.29) is 6.61 Å². The summed E-state index contributed by atoms with van der Waals surface area (Å²) in [4.78, 5) is 42.8. The largest absolute Gasteiger partial charge is 0.466 e. The Kier molecular flexibility index (Phi) is 4.84. The summed E-state index contributed by atoms with van der Waals surface area (Å²) >= 11 is 0. The number of nitro benzene ring substituents is 2. The summed E-state index contributed by atoms with van der Waals surface area (Å²) in [6, 6.07) is 2.55. The Labute approximate surface area is 112 Å². The molecule has 9 nitrogen and oxygen atoms in total. The van der Waals surface area contributed by atoms with Crippen LogP contribution in [0, 0.1) is 20.2 Å². The zero-order chi connectivity index (χ0) is 15.3. The van der Waals surface area contributed by atoms with E-state index < -0.39 is 45.0 Å². The molecule has 0 bridgehead atoms. The second kappa shape index (κ2) is 6.36. The van der Waals surface area contributed by atoms with Gasteiger partial charge in [0, 0.05) is 18.2 Å². The number of ether oxygens (including phenoxy) is 1. The molecule has 0 spiro atoms. The molecule has 0 aliphatic heterocycles. The molecule has 0 aromatic heterocycles. The number of esters is 1. The van der Waals surface area contributed by atoms with Gasteiger partial charge in [0.1, 0.15) is 12.0 Å². The van der Waals surface area contributed by atoms with Gasteiger partial charge in [-0.25, -0.2) is 0 Å². The summed E-state index contributed by atoms with van der Waals surface area (Å²) in [5.74, 6) is -1.75. The predicted octanol–water partition coefficient (Wildman–Crippen LogP) is 1.64. The van der Waals surface area contributed by atoms with Crippen molar-refractivity contribution in [3.63, 3.8) is 0 Å². The van der Waals surface area contributed by atoms with Crippen molar-refractivity contribution in [1.29, 1.82) is 0 Å². The number of nitro groups is 2. The molecule has 0 fully saturated rings. The van der Waals surface area contributed by atoms with Gasteiger partial charge in [0.05, 0.1) is 16.5 Å². The molecule has 0 heterocycles. The zero-order valence-corrected chi connectivity index (χ0v) is 10.4. The van der Waals surface area contributed by atoms with Gasteiger partial charge in [0.15, 0.2) is 5.78 Å². The number of nitrogens with zero attached hydrogens (tertiary/aromatic N) is 2. The number of hydrogen-bond donors (Lipinski definition) is 0. The first-order valence-electron chi connectivity index (χ1n) is 5.48. The molecule has 106 valence electrons. The summed E-state index contributed by atoms with van der Waals surface area (Å²) in [5, 5.41) is 21.4. The van der Waals surface area contributed by atoms with Crippen LogP contribution in [0.3, 0.4) is 0 Å². The number of Topliss-reactive ketones (excluding diaryl/α,β-unsaturated/α-hetero) is 1. The Morgan fingerprint density at radius 3 is 2.35 bits per heavy atom. The second-order valence-corrected chi connectivity index (χ2v) is 3.62. The Balaban J connectivity index is 3.15. The van der Waals surface area contributed by atoms with Crippen LogP contribution in [0.5, 0.6) is 0 Å². The maximum Gasteiger partial charge on any atom is 0.313 e. The summed E-state index contributed by atoms with van der Waals surface area (Å²) < 4.78 is 4.55. The minimum absolute atomic E-state index is 0.0587. The predicted molar refractivity (Wildman–Crippen MR) is 65.3 cm³/mol. The topological polar surface area (TPSA) is 130 Å². The molecule has 0 N–H and O–H groups in total. The highest BCUT2D eigenvalue weighted by Crippen LogP contribution is 2.25. The van der Waals surface area contributed by atoms with Crippen LogP contribution in [0.2, 0.25) is 0 Å². The van der Waals surface area contributed by atoms with Crippen LogP contribution in [0.25, 0.3) is 0 Å². The highest BCUT2D eigenvalue weighted by atomic mass is 16.6. The summed E-state index contributed by atoms with van der Waals surface area (Å²) in [7, 11) is 0. The third kappa shape index (κ3) is 3.57. The van der Waals surface area contributed by atoms with E-state index in [1.54, 1.807) is 0 Å². The van der Waals surface area contributed by atoms with E-state index in [1.165, 1.54) is 6.92 Å². The molecular weight excluding hydrogens is 272 g/mol. The van der Waals surface area contributed by atoms with Gasteiger partial charge in [0.25, 0.3) is 11.4 Å². The normalized spacial score (nSPS) is 9.85. The third-order valence-corrected chi connectivity index (χ3v) is 2.30. The molecule has 0 saturated heterocycles. The van der Waals surface area contributed by atoms with Crippen molar-refractivity contribution in [3.8, 4) is 0 Å². The van der Waals surface area contributed by atoms with Crippen molar-refractivity contribution in [3.05, 3.63) is 44.0 Å². The van der Waals surface area contributed by atoms with Crippen LogP contribution in [0.1, 0.15) is 23.7 Å². The van der Waals surface area contributed by atoms with Gasteiger partial charge >= 0.3 is 5.97 Å². The molecule has 20 heavy (non-hydrogen) atoms. The van der Waals surface area contributed by atoms with Gasteiger partial charge < -0.3 is 4.74 Å². The smallest absolute Gasteiger partial charge is 0.313 e. The average Bonchev–Trinajstić information content (AvgIpc) is 2.37. The minimum Gasteiger partial charge on any atom is -0.466 e. The molecule has 9 heteroatoms. The fourth-order valence-corrected chi connectivity index (χ4v) is 1.46. The monoisotopic (exact) mass is 282 g/mol. The lowest BCUT2D eigenvalue weighted by Crippen LogP contribution is -2.13. The van der Waals surface area contributed by atoms with E-state index in [0.717, 1.165) is 18.2 Å². The fraction of sp³-hybridized carbons (Fsp3) is 0.273. The molecule has 0 aliphatic rings. The fourth-order valence-electron chi connectivity index (χ4n) is 1.46. The first-order chi connectivity index (χ1) is 9.36. The summed E-state index contributed by atoms with van der Waals surface area (Å²) in [6.07, 6.45) is -0.712. The number of non-ortho nitro benzene ring substituents is 1. The zero-order valence-electron chi connectivity index (χ0n) is 10.4. The molecule has 0 aliphatic carbocycles. The van der Waals surface area contributed by atoms with Gasteiger partial charge in [-0.15, -0.1) is 0 Å². The van der Waals surface area contributed by atoms with E-state index in [4.69, 9.17) is 0 Å². The SMILES string of the molecule is CCOC(=O)CC(=O)c1cc([N+](=O)[O-])ccc1[N+](=O)[O-]. The Morgan fingerprint density at radius 2 is 1.85 bits per heavy atom. The Hall–Kier alpha value is -2.84. The van der Waals surface area contributed by atoms with Crippen molar-refractivity contribution in [1.82, 2.24) is 0 Å². The van der Waals surface area contributed by atoms with Crippen LogP contribution in [-0.2, 0) is 9.53 Å². The van der Waals surface area contributed by atoms with Crippen LogP contribution < -0.4 is 0 Å². The van der Waals surface area contributed by atoms with Crippen molar-refractivity contribution in [2.75, 3.05) is 6.61 Å². The molecule has 0 saturated carbocycles. The number of carbonyl (C=O) groups is 2. The first-order valence-corrected chi connectivity index (χ1v) is 5.48. The van der Waals surface area contributed by atoms with Crippen molar-refractivity contribution in [2.45, 2.75) is 13.3 Å². The van der Waals surface area contributed by atoms with Gasteiger partial charge in [-0.1, -0.05) is 0 Å². The lowest BCUT2D eigenvalue weighted by molar-refractivity contribution is -0.389. The van der Waals surface area contributed by atoms with Crippen LogP contribution in [0.15, 0.2) is 18.2 Å². The van der Waals surface area contributed by atoms with E-state index in [1.807, 2.05) is 0 Å². The summed E-state index contributed by atoms with van der Waals surface area (Å²) in [5.41, 5.74) is -1.55. The second-order valence-electron chi connectivity index (χ2n) is 3.62. The molecule has 1 aromatic rings. The first kappa shape index (κ1) is 15.2. The lowest BCUT2D eigenvalue weighted by atomic mass is 10.1. The molecular formula is C11H10N2O7. The standard InChI is InChI=1S/C11H10N2O7/c1-2-20-11(15)6-10(14)8-5-7(12(16)17)3-4-9(8)13(18)19/h3-5H,2,6H2,1H3. The van der Waals surface area contributed by atoms with Crippen LogP contribution in [0.4, 0.5) is 11.4 Å². The van der Waals surface area contributed by atoms with E-state index in [9.17, 15) is 29.8 Å². The molecule has 0 amide bonds. The van der Waals surface area contributed by atoms with Gasteiger partial charge in [-0.05, 0) is 6.92 Å². The lowest BCUT2D eigenvalue weighted by Gasteiger charge is -2.03. The van der Waals surface area contributed by atoms with E-state index >= 15 is 0 Å². The minimum atomic E-state index is -0.904. The third-order valence-electron chi connectivity index (χ3n) is 2.30. The molecule has 1 aromatic carbocycles. The van der Waals surface area contributed by atoms with Crippen molar-refractivity contribution >= 4 is 23.1 Å². The molecule has 0 unspecified atom stereocenters.